The first-order chi connectivity index (χ1) is 9.50. The molecule has 0 spiro atoms. The maximum Gasteiger partial charge on any atom is 0.307 e. The number of rotatable bonds is 3. The van der Waals surface area contributed by atoms with E-state index >= 15 is 0 Å². The molecule has 4 nitrogen and oxygen atoms in total. The Bertz CT molecular complexity index is 530. The van der Waals surface area contributed by atoms with Crippen LogP contribution in [-0.4, -0.2) is 17.0 Å². The Morgan fingerprint density at radius 2 is 1.90 bits per heavy atom. The smallest absolute Gasteiger partial charge is 0.307 e. The Morgan fingerprint density at radius 1 is 1.25 bits per heavy atom. The van der Waals surface area contributed by atoms with Crippen LogP contribution in [0.15, 0.2) is 18.2 Å². The molecule has 1 aromatic rings. The molecule has 1 saturated carbocycles. The molecule has 0 aliphatic heterocycles. The second kappa shape index (κ2) is 6.03. The molecule has 1 aliphatic carbocycles. The first-order valence-electron chi connectivity index (χ1n) is 6.79. The van der Waals surface area contributed by atoms with Gasteiger partial charge >= 0.3 is 5.97 Å². The van der Waals surface area contributed by atoms with E-state index in [2.05, 4.69) is 5.32 Å². The van der Waals surface area contributed by atoms with Crippen LogP contribution in [0.5, 0.6) is 0 Å². The van der Waals surface area contributed by atoms with E-state index in [9.17, 15) is 19.1 Å². The predicted molar refractivity (Wildman–Crippen MR) is 72.9 cm³/mol. The van der Waals surface area contributed by atoms with Crippen LogP contribution >= 0.6 is 0 Å². The minimum absolute atomic E-state index is 0.328. The van der Waals surface area contributed by atoms with Crippen LogP contribution in [0.2, 0.25) is 0 Å². The first kappa shape index (κ1) is 14.5. The summed E-state index contributed by atoms with van der Waals surface area (Å²) in [6.07, 6.45) is 2.77. The number of aliphatic carboxylic acids is 1. The van der Waals surface area contributed by atoms with Crippen molar-refractivity contribution < 1.29 is 19.1 Å². The third-order valence-corrected chi connectivity index (χ3v) is 3.95. The van der Waals surface area contributed by atoms with E-state index in [1.54, 1.807) is 13.0 Å². The van der Waals surface area contributed by atoms with Crippen molar-refractivity contribution in [1.82, 2.24) is 0 Å². The molecule has 0 radical (unpaired) electrons. The summed E-state index contributed by atoms with van der Waals surface area (Å²) in [5.74, 6) is -2.82. The lowest BCUT2D eigenvalue weighted by molar-refractivity contribution is -0.147. The van der Waals surface area contributed by atoms with Gasteiger partial charge in [-0.05, 0) is 31.9 Å². The molecule has 1 aliphatic rings. The van der Waals surface area contributed by atoms with Crippen molar-refractivity contribution in [2.45, 2.75) is 32.6 Å². The van der Waals surface area contributed by atoms with Gasteiger partial charge in [-0.3, -0.25) is 9.59 Å². The van der Waals surface area contributed by atoms with Crippen molar-refractivity contribution >= 4 is 17.6 Å². The van der Waals surface area contributed by atoms with Crippen LogP contribution < -0.4 is 5.32 Å². The summed E-state index contributed by atoms with van der Waals surface area (Å²) in [4.78, 5) is 23.5. The number of carbonyl (C=O) groups is 2. The standard InChI is InChI=1S/C15H18FNO3/c1-9-12(16)7-4-8-13(9)17-14(18)10-5-2-3-6-11(10)15(19)20/h4,7-8,10-11H,2-3,5-6H2,1H3,(H,17,18)(H,19,20)/t10-,11+/m0/s1. The minimum atomic E-state index is -0.930. The lowest BCUT2D eigenvalue weighted by atomic mass is 9.78. The highest BCUT2D eigenvalue weighted by Crippen LogP contribution is 2.31. The monoisotopic (exact) mass is 279 g/mol. The van der Waals surface area contributed by atoms with Gasteiger partial charge in [0.2, 0.25) is 5.91 Å². The van der Waals surface area contributed by atoms with Crippen LogP contribution in [0.25, 0.3) is 0 Å². The Morgan fingerprint density at radius 3 is 2.55 bits per heavy atom. The molecule has 0 unspecified atom stereocenters. The molecule has 1 fully saturated rings. The average Bonchev–Trinajstić information content (AvgIpc) is 2.43. The molecule has 2 N–H and O–H groups in total. The van der Waals surface area contributed by atoms with Crippen LogP contribution in [0.1, 0.15) is 31.2 Å². The van der Waals surface area contributed by atoms with Crippen molar-refractivity contribution in [3.63, 3.8) is 0 Å². The third-order valence-electron chi connectivity index (χ3n) is 3.95. The second-order valence-corrected chi connectivity index (χ2v) is 5.24. The lowest BCUT2D eigenvalue weighted by Crippen LogP contribution is -2.36. The summed E-state index contributed by atoms with van der Waals surface area (Å²) >= 11 is 0. The van der Waals surface area contributed by atoms with Gasteiger partial charge in [0, 0.05) is 11.3 Å². The molecule has 0 saturated heterocycles. The molecule has 0 bridgehead atoms. The number of carboxylic acid groups (broad SMARTS) is 1. The predicted octanol–water partition coefficient (Wildman–Crippen LogP) is 2.96. The maximum atomic E-state index is 13.4. The topological polar surface area (TPSA) is 66.4 Å². The molecule has 2 rings (SSSR count). The highest BCUT2D eigenvalue weighted by molar-refractivity contribution is 5.95. The number of carboxylic acids is 1. The minimum Gasteiger partial charge on any atom is -0.481 e. The van der Waals surface area contributed by atoms with E-state index < -0.39 is 17.8 Å². The summed E-state index contributed by atoms with van der Waals surface area (Å²) in [6, 6.07) is 4.47. The lowest BCUT2D eigenvalue weighted by Gasteiger charge is -2.27. The summed E-state index contributed by atoms with van der Waals surface area (Å²) < 4.78 is 13.4. The number of hydrogen-bond donors (Lipinski definition) is 2. The van der Waals surface area contributed by atoms with Gasteiger partial charge in [-0.2, -0.15) is 0 Å². The normalized spacial score (nSPS) is 22.3. The molecular weight excluding hydrogens is 261 g/mol. The van der Waals surface area contributed by atoms with Crippen molar-refractivity contribution in [1.29, 1.82) is 0 Å². The zero-order valence-corrected chi connectivity index (χ0v) is 11.4. The Balaban J connectivity index is 2.14. The zero-order valence-electron chi connectivity index (χ0n) is 11.4. The van der Waals surface area contributed by atoms with Crippen LogP contribution in [-0.2, 0) is 9.59 Å². The van der Waals surface area contributed by atoms with Gasteiger partial charge in [-0.1, -0.05) is 18.9 Å². The number of nitrogens with one attached hydrogen (secondary N) is 1. The second-order valence-electron chi connectivity index (χ2n) is 5.24. The summed E-state index contributed by atoms with van der Waals surface area (Å²) in [6.45, 7) is 1.58. The largest absolute Gasteiger partial charge is 0.481 e. The van der Waals surface area contributed by atoms with Gasteiger partial charge in [0.1, 0.15) is 5.82 Å². The highest BCUT2D eigenvalue weighted by atomic mass is 19.1. The first-order valence-corrected chi connectivity index (χ1v) is 6.79. The quantitative estimate of drug-likeness (QED) is 0.894. The molecule has 108 valence electrons. The summed E-state index contributed by atoms with van der Waals surface area (Å²) in [7, 11) is 0. The third kappa shape index (κ3) is 2.98. The molecule has 1 aromatic carbocycles. The van der Waals surface area contributed by atoms with Gasteiger partial charge in [-0.15, -0.1) is 0 Å². The van der Waals surface area contributed by atoms with Crippen molar-refractivity contribution in [2.24, 2.45) is 11.8 Å². The average molecular weight is 279 g/mol. The van der Waals surface area contributed by atoms with Crippen LogP contribution in [0.4, 0.5) is 10.1 Å². The van der Waals surface area contributed by atoms with Gasteiger partial charge in [0.25, 0.3) is 0 Å². The van der Waals surface area contributed by atoms with E-state index in [0.717, 1.165) is 12.8 Å². The fourth-order valence-corrected chi connectivity index (χ4v) is 2.71. The fourth-order valence-electron chi connectivity index (χ4n) is 2.71. The molecule has 0 heterocycles. The molecule has 2 atom stereocenters. The van der Waals surface area contributed by atoms with Gasteiger partial charge in [0.15, 0.2) is 0 Å². The highest BCUT2D eigenvalue weighted by Gasteiger charge is 2.35. The van der Waals surface area contributed by atoms with Crippen LogP contribution in [0, 0.1) is 24.6 Å². The van der Waals surface area contributed by atoms with Gasteiger partial charge in [-0.25, -0.2) is 4.39 Å². The fraction of sp³-hybridized carbons (Fsp3) is 0.467. The van der Waals surface area contributed by atoms with Crippen molar-refractivity contribution in [2.75, 3.05) is 5.32 Å². The van der Waals surface area contributed by atoms with Gasteiger partial charge < -0.3 is 10.4 Å². The van der Waals surface area contributed by atoms with E-state index in [-0.39, 0.29) is 11.7 Å². The van der Waals surface area contributed by atoms with Gasteiger partial charge in [0.05, 0.1) is 11.8 Å². The number of amides is 1. The van der Waals surface area contributed by atoms with Crippen LogP contribution in [0.3, 0.4) is 0 Å². The molecule has 5 heteroatoms. The Hall–Kier alpha value is -1.91. The Kier molecular flexibility index (Phi) is 4.37. The van der Waals surface area contributed by atoms with Crippen molar-refractivity contribution in [3.8, 4) is 0 Å². The number of anilines is 1. The maximum absolute atomic E-state index is 13.4. The van der Waals surface area contributed by atoms with E-state index in [4.69, 9.17) is 0 Å². The number of hydrogen-bond acceptors (Lipinski definition) is 2. The van der Waals surface area contributed by atoms with E-state index in [1.807, 2.05) is 0 Å². The van der Waals surface area contributed by atoms with Crippen molar-refractivity contribution in [3.05, 3.63) is 29.6 Å². The molecule has 1 amide bonds. The molecule has 0 aromatic heterocycles. The van der Waals surface area contributed by atoms with E-state index in [1.165, 1.54) is 12.1 Å². The number of carbonyl (C=O) groups excluding carboxylic acids is 1. The number of benzene rings is 1. The number of halogens is 1. The summed E-state index contributed by atoms with van der Waals surface area (Å²) in [5, 5.41) is 11.8. The van der Waals surface area contributed by atoms with E-state index in [0.29, 0.717) is 24.1 Å². The zero-order chi connectivity index (χ0) is 14.7. The summed E-state index contributed by atoms with van der Waals surface area (Å²) in [5.41, 5.74) is 0.772. The molecule has 20 heavy (non-hydrogen) atoms. The Labute approximate surface area is 117 Å². The SMILES string of the molecule is Cc1c(F)cccc1NC(=O)[C@H]1CCCC[C@H]1C(=O)O. The molecular formula is C15H18FNO3.